The Kier molecular flexibility index (Phi) is 8.55. The van der Waals surface area contributed by atoms with Crippen LogP contribution in [0.2, 0.25) is 0 Å². The molecule has 0 atom stereocenters. The van der Waals surface area contributed by atoms with Crippen LogP contribution in [-0.4, -0.2) is 57.1 Å². The minimum atomic E-state index is -0.639. The normalized spacial score (nSPS) is 14.7. The van der Waals surface area contributed by atoms with Crippen molar-refractivity contribution in [3.05, 3.63) is 63.0 Å². The van der Waals surface area contributed by atoms with E-state index in [0.717, 1.165) is 21.6 Å². The summed E-state index contributed by atoms with van der Waals surface area (Å²) in [7, 11) is 0. The second kappa shape index (κ2) is 11.4. The number of anilines is 1. The smallest absolute Gasteiger partial charge is 0.294 e. The number of benzene rings is 2. The number of carbonyl (C=O) groups excluding carboxylic acids is 3. The third-order valence-corrected chi connectivity index (χ3v) is 7.03. The van der Waals surface area contributed by atoms with Crippen molar-refractivity contribution in [2.75, 3.05) is 30.5 Å². The molecule has 0 unspecified atom stereocenters. The SMILES string of the molecule is CSc1cccc(NC(=O)CN2C(=O)S/C(=C\c3ccc(SCCO)c([N+](=O)[O-])c3)C2=O)c1. The molecule has 1 aliphatic heterocycles. The van der Waals surface area contributed by atoms with Gasteiger partial charge in [0.2, 0.25) is 5.91 Å². The molecule has 2 aromatic carbocycles. The van der Waals surface area contributed by atoms with Gasteiger partial charge in [-0.05, 0) is 53.9 Å². The summed E-state index contributed by atoms with van der Waals surface area (Å²) < 4.78 is 0. The quantitative estimate of drug-likeness (QED) is 0.224. The molecule has 1 fully saturated rings. The predicted octanol–water partition coefficient (Wildman–Crippen LogP) is 4.08. The van der Waals surface area contributed by atoms with Gasteiger partial charge in [-0.25, -0.2) is 0 Å². The van der Waals surface area contributed by atoms with Crippen LogP contribution in [0.25, 0.3) is 6.08 Å². The molecule has 33 heavy (non-hydrogen) atoms. The molecule has 172 valence electrons. The van der Waals surface area contributed by atoms with Gasteiger partial charge in [-0.2, -0.15) is 0 Å². The Balaban J connectivity index is 1.73. The van der Waals surface area contributed by atoms with Crippen LogP contribution < -0.4 is 5.32 Å². The van der Waals surface area contributed by atoms with Crippen molar-refractivity contribution in [3.8, 4) is 0 Å². The summed E-state index contributed by atoms with van der Waals surface area (Å²) in [5.74, 6) is -0.847. The highest BCUT2D eigenvalue weighted by atomic mass is 32.2. The lowest BCUT2D eigenvalue weighted by Crippen LogP contribution is -2.36. The lowest BCUT2D eigenvalue weighted by molar-refractivity contribution is -0.387. The Bertz CT molecular complexity index is 1140. The van der Waals surface area contributed by atoms with Crippen molar-refractivity contribution in [1.29, 1.82) is 0 Å². The highest BCUT2D eigenvalue weighted by Gasteiger charge is 2.36. The summed E-state index contributed by atoms with van der Waals surface area (Å²) in [4.78, 5) is 50.5. The third kappa shape index (κ3) is 6.38. The fraction of sp³-hybridized carbons (Fsp3) is 0.190. The standard InChI is InChI=1S/C21H19N3O6S3/c1-31-15-4-2-3-14(11-15)22-19(26)12-23-20(27)18(33-21(23)28)10-13-5-6-17(32-8-7-25)16(9-13)24(29)30/h2-6,9-11,25H,7-8,12H2,1H3,(H,22,26)/b18-10-. The number of nitrogens with one attached hydrogen (secondary N) is 1. The van der Waals surface area contributed by atoms with E-state index in [1.54, 1.807) is 24.3 Å². The van der Waals surface area contributed by atoms with Crippen LogP contribution in [0.3, 0.4) is 0 Å². The van der Waals surface area contributed by atoms with E-state index >= 15 is 0 Å². The Morgan fingerprint density at radius 3 is 2.76 bits per heavy atom. The number of imide groups is 1. The molecule has 9 nitrogen and oxygen atoms in total. The summed E-state index contributed by atoms with van der Waals surface area (Å²) in [6.07, 6.45) is 3.29. The number of nitro groups is 1. The van der Waals surface area contributed by atoms with Gasteiger partial charge in [-0.1, -0.05) is 12.1 Å². The Morgan fingerprint density at radius 2 is 2.06 bits per heavy atom. The van der Waals surface area contributed by atoms with E-state index in [0.29, 0.717) is 33.7 Å². The molecule has 2 N–H and O–H groups in total. The van der Waals surface area contributed by atoms with Crippen LogP contribution in [0.15, 0.2) is 57.2 Å². The lowest BCUT2D eigenvalue weighted by Gasteiger charge is -2.12. The molecule has 3 amide bonds. The lowest BCUT2D eigenvalue weighted by atomic mass is 10.2. The third-order valence-electron chi connectivity index (χ3n) is 4.36. The number of aliphatic hydroxyl groups excluding tert-OH is 1. The molecule has 0 aromatic heterocycles. The molecule has 1 saturated heterocycles. The van der Waals surface area contributed by atoms with Gasteiger partial charge in [-0.3, -0.25) is 29.4 Å². The number of amides is 3. The number of thioether (sulfide) groups is 3. The van der Waals surface area contributed by atoms with Crippen molar-refractivity contribution in [2.45, 2.75) is 9.79 Å². The first-order chi connectivity index (χ1) is 15.8. The van der Waals surface area contributed by atoms with Crippen molar-refractivity contribution in [1.82, 2.24) is 4.90 Å². The van der Waals surface area contributed by atoms with E-state index in [1.165, 1.54) is 30.0 Å². The second-order valence-electron chi connectivity index (χ2n) is 6.60. The molecular formula is C21H19N3O6S3. The van der Waals surface area contributed by atoms with Crippen LogP contribution in [0.5, 0.6) is 0 Å². The zero-order valence-corrected chi connectivity index (χ0v) is 19.8. The fourth-order valence-electron chi connectivity index (χ4n) is 2.88. The summed E-state index contributed by atoms with van der Waals surface area (Å²) >= 11 is 3.33. The number of hydrogen-bond donors (Lipinski definition) is 2. The molecule has 2 aromatic rings. The predicted molar refractivity (Wildman–Crippen MR) is 130 cm³/mol. The minimum absolute atomic E-state index is 0.0715. The molecule has 0 saturated carbocycles. The maximum atomic E-state index is 12.7. The van der Waals surface area contributed by atoms with Gasteiger partial charge in [0.1, 0.15) is 6.54 Å². The number of nitrogens with zero attached hydrogens (tertiary/aromatic N) is 2. The van der Waals surface area contributed by atoms with Gasteiger partial charge < -0.3 is 10.4 Å². The molecule has 1 aliphatic rings. The number of hydrogen-bond acceptors (Lipinski definition) is 9. The van der Waals surface area contributed by atoms with Gasteiger partial charge in [-0.15, -0.1) is 23.5 Å². The summed E-state index contributed by atoms with van der Waals surface area (Å²) in [5, 5.41) is 22.4. The molecular weight excluding hydrogens is 486 g/mol. The second-order valence-corrected chi connectivity index (χ2v) is 9.61. The zero-order chi connectivity index (χ0) is 24.0. The average molecular weight is 506 g/mol. The van der Waals surface area contributed by atoms with E-state index in [2.05, 4.69) is 5.32 Å². The molecule has 0 aliphatic carbocycles. The zero-order valence-electron chi connectivity index (χ0n) is 17.3. The molecule has 1 heterocycles. The highest BCUT2D eigenvalue weighted by Crippen LogP contribution is 2.35. The molecule has 0 spiro atoms. The number of carbonyl (C=O) groups is 3. The van der Waals surface area contributed by atoms with Crippen LogP contribution in [-0.2, 0) is 9.59 Å². The van der Waals surface area contributed by atoms with Crippen LogP contribution in [0.1, 0.15) is 5.56 Å². The van der Waals surface area contributed by atoms with E-state index < -0.39 is 28.5 Å². The molecule has 12 heteroatoms. The van der Waals surface area contributed by atoms with Gasteiger partial charge >= 0.3 is 0 Å². The van der Waals surface area contributed by atoms with Crippen molar-refractivity contribution in [3.63, 3.8) is 0 Å². The molecule has 0 bridgehead atoms. The van der Waals surface area contributed by atoms with Gasteiger partial charge in [0.05, 0.1) is 21.3 Å². The molecule has 3 rings (SSSR count). The first-order valence-electron chi connectivity index (χ1n) is 9.53. The van der Waals surface area contributed by atoms with Gasteiger partial charge in [0.25, 0.3) is 16.8 Å². The maximum Gasteiger partial charge on any atom is 0.294 e. The van der Waals surface area contributed by atoms with Crippen molar-refractivity contribution >= 4 is 69.8 Å². The van der Waals surface area contributed by atoms with Crippen molar-refractivity contribution < 1.29 is 24.4 Å². The van der Waals surface area contributed by atoms with E-state index in [4.69, 9.17) is 5.11 Å². The Labute approximate surface area is 202 Å². The first-order valence-corrected chi connectivity index (χ1v) is 12.6. The monoisotopic (exact) mass is 505 g/mol. The van der Waals surface area contributed by atoms with Crippen LogP contribution in [0.4, 0.5) is 16.2 Å². The maximum absolute atomic E-state index is 12.7. The number of aliphatic hydroxyl groups is 1. The summed E-state index contributed by atoms with van der Waals surface area (Å²) in [6, 6.07) is 11.6. The fourth-order valence-corrected chi connectivity index (χ4v) is 4.93. The van der Waals surface area contributed by atoms with Crippen LogP contribution in [0, 0.1) is 10.1 Å². The van der Waals surface area contributed by atoms with E-state index in [1.807, 2.05) is 12.3 Å². The van der Waals surface area contributed by atoms with Gasteiger partial charge in [0, 0.05) is 22.4 Å². The summed E-state index contributed by atoms with van der Waals surface area (Å²) in [6.45, 7) is -0.560. The van der Waals surface area contributed by atoms with E-state index in [9.17, 15) is 24.5 Å². The highest BCUT2D eigenvalue weighted by molar-refractivity contribution is 8.18. The number of rotatable bonds is 9. The molecule has 0 radical (unpaired) electrons. The number of nitro benzene ring substituents is 1. The Morgan fingerprint density at radius 1 is 1.27 bits per heavy atom. The van der Waals surface area contributed by atoms with Gasteiger partial charge in [0.15, 0.2) is 0 Å². The van der Waals surface area contributed by atoms with E-state index in [-0.39, 0.29) is 17.2 Å². The average Bonchev–Trinajstić information content (AvgIpc) is 3.05. The largest absolute Gasteiger partial charge is 0.396 e. The van der Waals surface area contributed by atoms with Crippen LogP contribution >= 0.6 is 35.3 Å². The minimum Gasteiger partial charge on any atom is -0.396 e. The van der Waals surface area contributed by atoms with Crippen molar-refractivity contribution in [2.24, 2.45) is 0 Å². The summed E-state index contributed by atoms with van der Waals surface area (Å²) in [5.41, 5.74) is 0.771. The Hall–Kier alpha value is -2.80. The topological polar surface area (TPSA) is 130 Å². The first kappa shape index (κ1) is 24.8.